The van der Waals surface area contributed by atoms with Crippen LogP contribution in [0.25, 0.3) is 0 Å². The zero-order valence-corrected chi connectivity index (χ0v) is 13.1. The fourth-order valence-corrected chi connectivity index (χ4v) is 3.63. The third-order valence-corrected chi connectivity index (χ3v) is 4.70. The number of urea groups is 1. The topological polar surface area (TPSA) is 81.1 Å². The Morgan fingerprint density at radius 2 is 1.71 bits per heavy atom. The summed E-state index contributed by atoms with van der Waals surface area (Å²) < 4.78 is 0. The first-order valence-corrected chi connectivity index (χ1v) is 7.65. The van der Waals surface area contributed by atoms with Crippen molar-refractivity contribution >= 4 is 12.0 Å². The number of carbonyl (C=O) groups is 2. The highest BCUT2D eigenvalue weighted by atomic mass is 16.4. The number of amides is 2. The van der Waals surface area contributed by atoms with Crippen LogP contribution in [0.15, 0.2) is 0 Å². The molecule has 0 aromatic rings. The SMILES string of the molecule is CC1(O)CCCN(C(=O)N2CCCC(C)(C)C2C(=O)O)C1. The molecule has 2 aliphatic heterocycles. The first kappa shape index (κ1) is 16.1. The number of aliphatic hydroxyl groups is 1. The molecule has 0 saturated carbocycles. The summed E-state index contributed by atoms with van der Waals surface area (Å²) in [5.74, 6) is -0.947. The quantitative estimate of drug-likeness (QED) is 0.769. The maximum atomic E-state index is 12.7. The molecule has 2 unspecified atom stereocenters. The highest BCUT2D eigenvalue weighted by Crippen LogP contribution is 2.36. The van der Waals surface area contributed by atoms with Gasteiger partial charge in [0.15, 0.2) is 0 Å². The molecular weight excluding hydrogens is 272 g/mol. The van der Waals surface area contributed by atoms with Crippen LogP contribution in [-0.4, -0.2) is 63.3 Å². The average Bonchev–Trinajstić information content (AvgIpc) is 2.34. The Bertz CT molecular complexity index is 433. The Morgan fingerprint density at radius 1 is 1.10 bits per heavy atom. The third-order valence-electron chi connectivity index (χ3n) is 4.70. The molecule has 6 nitrogen and oxygen atoms in total. The molecule has 2 N–H and O–H groups in total. The van der Waals surface area contributed by atoms with Gasteiger partial charge in [-0.1, -0.05) is 13.8 Å². The van der Waals surface area contributed by atoms with Crippen LogP contribution in [0.5, 0.6) is 0 Å². The van der Waals surface area contributed by atoms with Crippen LogP contribution in [0.1, 0.15) is 46.5 Å². The van der Waals surface area contributed by atoms with Gasteiger partial charge in [0, 0.05) is 13.1 Å². The molecule has 2 fully saturated rings. The molecule has 2 atom stereocenters. The fourth-order valence-electron chi connectivity index (χ4n) is 3.63. The zero-order chi connectivity index (χ0) is 15.8. The van der Waals surface area contributed by atoms with Gasteiger partial charge in [-0.25, -0.2) is 9.59 Å². The van der Waals surface area contributed by atoms with E-state index in [1.165, 1.54) is 4.90 Å². The zero-order valence-electron chi connectivity index (χ0n) is 13.1. The number of hydrogen-bond acceptors (Lipinski definition) is 3. The van der Waals surface area contributed by atoms with E-state index in [9.17, 15) is 19.8 Å². The summed E-state index contributed by atoms with van der Waals surface area (Å²) in [6.45, 7) is 6.85. The molecule has 2 rings (SSSR count). The molecule has 2 heterocycles. The lowest BCUT2D eigenvalue weighted by Crippen LogP contribution is -2.61. The fraction of sp³-hybridized carbons (Fsp3) is 0.867. The molecule has 0 aromatic carbocycles. The van der Waals surface area contributed by atoms with Crippen molar-refractivity contribution in [1.29, 1.82) is 0 Å². The van der Waals surface area contributed by atoms with Crippen molar-refractivity contribution in [2.75, 3.05) is 19.6 Å². The van der Waals surface area contributed by atoms with Gasteiger partial charge in [0.05, 0.1) is 12.1 Å². The highest BCUT2D eigenvalue weighted by Gasteiger charge is 2.46. The van der Waals surface area contributed by atoms with Gasteiger partial charge in [-0.2, -0.15) is 0 Å². The minimum absolute atomic E-state index is 0.254. The van der Waals surface area contributed by atoms with Crippen LogP contribution >= 0.6 is 0 Å². The van der Waals surface area contributed by atoms with E-state index >= 15 is 0 Å². The lowest BCUT2D eigenvalue weighted by molar-refractivity contribution is -0.149. The second-order valence-corrected chi connectivity index (χ2v) is 7.33. The van der Waals surface area contributed by atoms with E-state index in [-0.39, 0.29) is 12.6 Å². The van der Waals surface area contributed by atoms with Crippen LogP contribution in [-0.2, 0) is 4.79 Å². The van der Waals surface area contributed by atoms with Crippen LogP contribution in [0.2, 0.25) is 0 Å². The molecule has 0 aromatic heterocycles. The van der Waals surface area contributed by atoms with Crippen molar-refractivity contribution in [3.8, 4) is 0 Å². The molecule has 2 saturated heterocycles. The third kappa shape index (κ3) is 3.31. The Morgan fingerprint density at radius 3 is 2.29 bits per heavy atom. The molecule has 0 bridgehead atoms. The first-order valence-electron chi connectivity index (χ1n) is 7.65. The predicted molar refractivity (Wildman–Crippen MR) is 78.0 cm³/mol. The standard InChI is InChI=1S/C15H26N2O4/c1-14(2)6-4-9-17(11(14)12(18)19)13(20)16-8-5-7-15(3,21)10-16/h11,21H,4-10H2,1-3H3,(H,18,19). The smallest absolute Gasteiger partial charge is 0.327 e. The number of piperidine rings is 2. The first-order chi connectivity index (χ1) is 9.64. The van der Waals surface area contributed by atoms with Gasteiger partial charge in [0.2, 0.25) is 0 Å². The van der Waals surface area contributed by atoms with Gasteiger partial charge in [0.25, 0.3) is 0 Å². The largest absolute Gasteiger partial charge is 0.480 e. The molecule has 120 valence electrons. The summed E-state index contributed by atoms with van der Waals surface area (Å²) in [7, 11) is 0. The molecule has 0 spiro atoms. The molecule has 6 heteroatoms. The number of rotatable bonds is 1. The van der Waals surface area contributed by atoms with Crippen molar-refractivity contribution in [3.63, 3.8) is 0 Å². The van der Waals surface area contributed by atoms with E-state index in [0.717, 1.165) is 19.3 Å². The van der Waals surface area contributed by atoms with Gasteiger partial charge in [-0.15, -0.1) is 0 Å². The number of carboxylic acids is 1. The Labute approximate surface area is 125 Å². The molecular formula is C15H26N2O4. The molecule has 21 heavy (non-hydrogen) atoms. The summed E-state index contributed by atoms with van der Waals surface area (Å²) in [6.07, 6.45) is 3.02. The van der Waals surface area contributed by atoms with E-state index in [1.807, 2.05) is 13.8 Å². The van der Waals surface area contributed by atoms with Crippen molar-refractivity contribution < 1.29 is 19.8 Å². The Kier molecular flexibility index (Phi) is 4.19. The maximum Gasteiger partial charge on any atom is 0.327 e. The van der Waals surface area contributed by atoms with Gasteiger partial charge in [-0.05, 0) is 38.0 Å². The maximum absolute atomic E-state index is 12.7. The van der Waals surface area contributed by atoms with Crippen LogP contribution in [0.4, 0.5) is 4.79 Å². The Hall–Kier alpha value is -1.30. The van der Waals surface area contributed by atoms with Gasteiger partial charge < -0.3 is 20.0 Å². The number of carbonyl (C=O) groups excluding carboxylic acids is 1. The second-order valence-electron chi connectivity index (χ2n) is 7.33. The van der Waals surface area contributed by atoms with Gasteiger partial charge in [0.1, 0.15) is 6.04 Å². The summed E-state index contributed by atoms with van der Waals surface area (Å²) in [6, 6.07) is -1.05. The summed E-state index contributed by atoms with van der Waals surface area (Å²) in [5, 5.41) is 19.7. The minimum atomic E-state index is -0.947. The number of carboxylic acid groups (broad SMARTS) is 1. The van der Waals surface area contributed by atoms with E-state index in [4.69, 9.17) is 0 Å². The number of hydrogen-bond donors (Lipinski definition) is 2. The molecule has 0 aliphatic carbocycles. The van der Waals surface area contributed by atoms with Crippen molar-refractivity contribution in [2.45, 2.75) is 58.1 Å². The van der Waals surface area contributed by atoms with Crippen LogP contribution < -0.4 is 0 Å². The van der Waals surface area contributed by atoms with Crippen molar-refractivity contribution in [3.05, 3.63) is 0 Å². The van der Waals surface area contributed by atoms with E-state index < -0.39 is 23.0 Å². The van der Waals surface area contributed by atoms with Crippen LogP contribution in [0, 0.1) is 5.41 Å². The molecule has 0 radical (unpaired) electrons. The van der Waals surface area contributed by atoms with Crippen molar-refractivity contribution in [2.24, 2.45) is 5.41 Å². The van der Waals surface area contributed by atoms with E-state index in [0.29, 0.717) is 19.5 Å². The average molecular weight is 298 g/mol. The number of β-amino-alcohol motifs (C(OH)–C–C–N with tert-alkyl or cyclic N) is 1. The highest BCUT2D eigenvalue weighted by molar-refractivity contribution is 5.83. The number of likely N-dealkylation sites (tertiary alicyclic amines) is 2. The Balaban J connectivity index is 2.18. The van der Waals surface area contributed by atoms with Crippen molar-refractivity contribution in [1.82, 2.24) is 9.80 Å². The van der Waals surface area contributed by atoms with Gasteiger partial charge >= 0.3 is 12.0 Å². The second kappa shape index (κ2) is 5.48. The van der Waals surface area contributed by atoms with Gasteiger partial charge in [-0.3, -0.25) is 0 Å². The summed E-state index contributed by atoms with van der Waals surface area (Å²) in [4.78, 5) is 27.4. The summed E-state index contributed by atoms with van der Waals surface area (Å²) in [5.41, 5.74) is -1.31. The number of aliphatic carboxylic acids is 1. The molecule has 2 amide bonds. The lowest BCUT2D eigenvalue weighted by Gasteiger charge is -2.47. The van der Waals surface area contributed by atoms with Crippen LogP contribution in [0.3, 0.4) is 0 Å². The summed E-state index contributed by atoms with van der Waals surface area (Å²) >= 11 is 0. The molecule has 2 aliphatic rings. The monoisotopic (exact) mass is 298 g/mol. The number of nitrogens with zero attached hydrogens (tertiary/aromatic N) is 2. The predicted octanol–water partition coefficient (Wildman–Crippen LogP) is 1.53. The van der Waals surface area contributed by atoms with E-state index in [2.05, 4.69) is 0 Å². The van der Waals surface area contributed by atoms with E-state index in [1.54, 1.807) is 11.8 Å². The minimum Gasteiger partial charge on any atom is -0.480 e. The normalized spacial score (nSPS) is 32.9. The lowest BCUT2D eigenvalue weighted by atomic mass is 9.76.